The number of rotatable bonds is 15. The summed E-state index contributed by atoms with van der Waals surface area (Å²) in [5, 5.41) is 12.3. The summed E-state index contributed by atoms with van der Waals surface area (Å²) in [6.45, 7) is 13.9. The van der Waals surface area contributed by atoms with Crippen molar-refractivity contribution < 1.29 is 19.1 Å². The monoisotopic (exact) mass is 663 g/mol. The van der Waals surface area contributed by atoms with E-state index in [9.17, 15) is 14.4 Å². The Labute approximate surface area is 284 Å². The molecular weight excluding hydrogens is 611 g/mol. The largest absolute Gasteiger partial charge is 0.444 e. The highest BCUT2D eigenvalue weighted by atomic mass is 32.1. The van der Waals surface area contributed by atoms with E-state index >= 15 is 0 Å². The van der Waals surface area contributed by atoms with Crippen LogP contribution in [-0.4, -0.2) is 58.7 Å². The molecule has 3 rings (SSSR count). The molecule has 3 N–H and O–H groups in total. The highest BCUT2D eigenvalue weighted by Crippen LogP contribution is 2.20. The van der Waals surface area contributed by atoms with Crippen molar-refractivity contribution in [1.82, 2.24) is 25.8 Å². The van der Waals surface area contributed by atoms with E-state index in [-0.39, 0.29) is 29.9 Å². The molecule has 1 aromatic heterocycles. The lowest BCUT2D eigenvalue weighted by Crippen LogP contribution is -2.54. The van der Waals surface area contributed by atoms with Crippen LogP contribution in [0.2, 0.25) is 0 Å². The maximum absolute atomic E-state index is 13.8. The number of alkyl carbamates (subject to hydrolysis) is 1. The van der Waals surface area contributed by atoms with E-state index in [1.54, 1.807) is 23.3 Å². The standard InChI is InChI=1S/C37H53N5O4S/c1-25(2)32(41-35(44)42(8)23-31-24-47-34(39-31)26(3)4)33(43)38-29(21-27-15-11-9-12-16-27)19-20-30(22-28-17-13-10-14-18-28)40-36(45)46-37(5,6)7/h9-18,24-26,29-30,32H,19-23H2,1-8H3,(H,38,43)(H,40,45)(H,41,44)/t29-,30-,32+/m1/s1. The zero-order valence-electron chi connectivity index (χ0n) is 29.2. The second-order valence-corrected chi connectivity index (χ2v) is 14.8. The number of carbonyl (C=O) groups excluding carboxylic acids is 3. The number of amides is 4. The molecule has 256 valence electrons. The molecular formula is C37H53N5O4S. The highest BCUT2D eigenvalue weighted by Gasteiger charge is 2.28. The molecule has 0 unspecified atom stereocenters. The zero-order valence-corrected chi connectivity index (χ0v) is 30.0. The van der Waals surface area contributed by atoms with Crippen LogP contribution in [0.3, 0.4) is 0 Å². The summed E-state index contributed by atoms with van der Waals surface area (Å²) >= 11 is 1.59. The molecule has 0 saturated heterocycles. The summed E-state index contributed by atoms with van der Waals surface area (Å²) in [6, 6.07) is 18.5. The van der Waals surface area contributed by atoms with E-state index in [0.29, 0.717) is 38.1 Å². The van der Waals surface area contributed by atoms with E-state index < -0.39 is 17.7 Å². The van der Waals surface area contributed by atoms with Crippen molar-refractivity contribution in [2.45, 2.75) is 110 Å². The van der Waals surface area contributed by atoms with Gasteiger partial charge in [-0.25, -0.2) is 14.6 Å². The zero-order chi connectivity index (χ0) is 34.6. The van der Waals surface area contributed by atoms with Crippen molar-refractivity contribution in [2.75, 3.05) is 7.05 Å². The molecule has 2 aromatic carbocycles. The third kappa shape index (κ3) is 13.4. The van der Waals surface area contributed by atoms with Crippen LogP contribution in [-0.2, 0) is 28.9 Å². The van der Waals surface area contributed by atoms with Gasteiger partial charge in [0, 0.05) is 30.4 Å². The summed E-state index contributed by atoms with van der Waals surface area (Å²) < 4.78 is 5.57. The summed E-state index contributed by atoms with van der Waals surface area (Å²) in [7, 11) is 1.71. The van der Waals surface area contributed by atoms with Crippen LogP contribution >= 0.6 is 11.3 Å². The highest BCUT2D eigenvalue weighted by molar-refractivity contribution is 7.09. The third-order valence-corrected chi connectivity index (χ3v) is 8.81. The van der Waals surface area contributed by atoms with Crippen molar-refractivity contribution >= 4 is 29.4 Å². The predicted molar refractivity (Wildman–Crippen MR) is 189 cm³/mol. The van der Waals surface area contributed by atoms with Gasteiger partial charge >= 0.3 is 12.1 Å². The van der Waals surface area contributed by atoms with Gasteiger partial charge in [0.25, 0.3) is 0 Å². The molecule has 3 atom stereocenters. The second-order valence-electron chi connectivity index (χ2n) is 13.9. The molecule has 0 radical (unpaired) electrons. The third-order valence-electron chi connectivity index (χ3n) is 7.62. The van der Waals surface area contributed by atoms with Crippen LogP contribution in [0.1, 0.15) is 89.1 Å². The van der Waals surface area contributed by atoms with Crippen LogP contribution in [0.15, 0.2) is 66.0 Å². The van der Waals surface area contributed by atoms with Crippen molar-refractivity contribution in [2.24, 2.45) is 5.92 Å². The van der Waals surface area contributed by atoms with Gasteiger partial charge in [-0.05, 0) is 63.5 Å². The quantitative estimate of drug-likeness (QED) is 0.161. The van der Waals surface area contributed by atoms with Gasteiger partial charge < -0.3 is 25.6 Å². The van der Waals surface area contributed by atoms with E-state index in [1.165, 1.54) is 0 Å². The van der Waals surface area contributed by atoms with Gasteiger partial charge in [-0.15, -0.1) is 11.3 Å². The first-order chi connectivity index (χ1) is 22.2. The summed E-state index contributed by atoms with van der Waals surface area (Å²) in [5.41, 5.74) is 2.40. The van der Waals surface area contributed by atoms with Crippen molar-refractivity contribution in [1.29, 1.82) is 0 Å². The van der Waals surface area contributed by atoms with Crippen LogP contribution in [0.25, 0.3) is 0 Å². The van der Waals surface area contributed by atoms with Gasteiger partial charge in [0.2, 0.25) is 5.91 Å². The van der Waals surface area contributed by atoms with Gasteiger partial charge in [0.15, 0.2) is 0 Å². The summed E-state index contributed by atoms with van der Waals surface area (Å²) in [5.74, 6) is -0.0539. The minimum Gasteiger partial charge on any atom is -0.444 e. The number of nitrogens with one attached hydrogen (secondary N) is 3. The Kier molecular flexibility index (Phi) is 14.3. The minimum atomic E-state index is -0.732. The van der Waals surface area contributed by atoms with E-state index in [0.717, 1.165) is 21.8 Å². The Morgan fingerprint density at radius 2 is 1.36 bits per heavy atom. The maximum atomic E-state index is 13.8. The first-order valence-electron chi connectivity index (χ1n) is 16.5. The number of carbonyl (C=O) groups is 3. The van der Waals surface area contributed by atoms with Crippen LogP contribution in [0, 0.1) is 5.92 Å². The molecule has 4 amide bonds. The fourth-order valence-corrected chi connectivity index (χ4v) is 5.99. The molecule has 0 aliphatic heterocycles. The molecule has 47 heavy (non-hydrogen) atoms. The number of ether oxygens (including phenoxy) is 1. The SMILES string of the molecule is CC(C)c1nc(CN(C)C(=O)N[C@H](C(=O)N[C@H](CC[C@H](Cc2ccccc2)NC(=O)OC(C)(C)C)Cc2ccccc2)C(C)C)cs1. The first kappa shape index (κ1) is 37.5. The van der Waals surface area contributed by atoms with Gasteiger partial charge in [0.1, 0.15) is 11.6 Å². The summed E-state index contributed by atoms with van der Waals surface area (Å²) in [6.07, 6.45) is 1.98. The van der Waals surface area contributed by atoms with Gasteiger partial charge in [-0.1, -0.05) is 88.4 Å². The predicted octanol–water partition coefficient (Wildman–Crippen LogP) is 7.08. The topological polar surface area (TPSA) is 113 Å². The molecule has 0 spiro atoms. The summed E-state index contributed by atoms with van der Waals surface area (Å²) in [4.78, 5) is 46.0. The van der Waals surface area contributed by atoms with Gasteiger partial charge in [-0.2, -0.15) is 0 Å². The van der Waals surface area contributed by atoms with Crippen LogP contribution in [0.4, 0.5) is 9.59 Å². The lowest BCUT2D eigenvalue weighted by atomic mass is 9.95. The van der Waals surface area contributed by atoms with Crippen molar-refractivity contribution in [3.8, 4) is 0 Å². The van der Waals surface area contributed by atoms with Crippen LogP contribution < -0.4 is 16.0 Å². The number of aromatic nitrogens is 1. The Morgan fingerprint density at radius 3 is 1.83 bits per heavy atom. The maximum Gasteiger partial charge on any atom is 0.407 e. The fourth-order valence-electron chi connectivity index (χ4n) is 5.17. The van der Waals surface area contributed by atoms with E-state index in [1.807, 2.05) is 101 Å². The second kappa shape index (κ2) is 17.8. The minimum absolute atomic E-state index is 0.142. The molecule has 9 nitrogen and oxygen atoms in total. The van der Waals surface area contributed by atoms with Crippen LogP contribution in [0.5, 0.6) is 0 Å². The Hall–Kier alpha value is -3.92. The van der Waals surface area contributed by atoms with E-state index in [4.69, 9.17) is 4.74 Å². The average molecular weight is 664 g/mol. The molecule has 0 fully saturated rings. The molecule has 10 heteroatoms. The lowest BCUT2D eigenvalue weighted by molar-refractivity contribution is -0.124. The van der Waals surface area contributed by atoms with Crippen molar-refractivity contribution in [3.63, 3.8) is 0 Å². The number of hydrogen-bond donors (Lipinski definition) is 3. The molecule has 1 heterocycles. The lowest BCUT2D eigenvalue weighted by Gasteiger charge is -2.29. The molecule has 0 aliphatic carbocycles. The first-order valence-corrected chi connectivity index (χ1v) is 17.4. The number of thiazole rings is 1. The normalized spacial score (nSPS) is 13.5. The number of urea groups is 1. The molecule has 0 aliphatic rings. The fraction of sp³-hybridized carbons (Fsp3) is 0.514. The number of nitrogens with zero attached hydrogens (tertiary/aromatic N) is 2. The Balaban J connectivity index is 1.72. The molecule has 0 bridgehead atoms. The van der Waals surface area contributed by atoms with Crippen molar-refractivity contribution in [3.05, 3.63) is 87.9 Å². The average Bonchev–Trinajstić information content (AvgIpc) is 3.47. The number of hydrogen-bond acceptors (Lipinski definition) is 6. The van der Waals surface area contributed by atoms with E-state index in [2.05, 4.69) is 34.8 Å². The van der Waals surface area contributed by atoms with Gasteiger partial charge in [0.05, 0.1) is 17.2 Å². The van der Waals surface area contributed by atoms with Gasteiger partial charge in [-0.3, -0.25) is 4.79 Å². The Morgan fingerprint density at radius 1 is 0.830 bits per heavy atom. The molecule has 3 aromatic rings. The Bertz CT molecular complexity index is 1400. The molecule has 0 saturated carbocycles. The number of benzene rings is 2. The smallest absolute Gasteiger partial charge is 0.407 e.